The summed E-state index contributed by atoms with van der Waals surface area (Å²) in [5, 5.41) is 24.2. The third-order valence-corrected chi connectivity index (χ3v) is 6.23. The summed E-state index contributed by atoms with van der Waals surface area (Å²) >= 11 is 6.02. The zero-order valence-electron chi connectivity index (χ0n) is 17.3. The number of hydrogen-bond donors (Lipinski definition) is 2. The molecule has 2 aliphatic heterocycles. The van der Waals surface area contributed by atoms with Crippen molar-refractivity contribution in [3.05, 3.63) is 58.2 Å². The summed E-state index contributed by atoms with van der Waals surface area (Å²) < 4.78 is 10.9. The molecule has 1 fully saturated rings. The molecule has 0 aliphatic carbocycles. The highest BCUT2D eigenvalue weighted by Gasteiger charge is 2.29. The number of carbonyl (C=O) groups excluding carboxylic acids is 1. The Labute approximate surface area is 189 Å². The number of ether oxygens (including phenoxy) is 1. The Bertz CT molecular complexity index is 1160. The first-order valence-corrected chi connectivity index (χ1v) is 10.8. The molecular formula is C23H22ClN3O5. The molecule has 3 aromatic rings. The number of halogens is 1. The normalized spacial score (nSPS) is 16.2. The topological polar surface area (TPSA) is 99.3 Å². The molecule has 1 aromatic heterocycles. The Morgan fingerprint density at radius 3 is 2.53 bits per heavy atom. The van der Waals surface area contributed by atoms with Gasteiger partial charge >= 0.3 is 0 Å². The Balaban J connectivity index is 1.37. The summed E-state index contributed by atoms with van der Waals surface area (Å²) in [5.41, 5.74) is 3.48. The van der Waals surface area contributed by atoms with Crippen molar-refractivity contribution in [1.29, 1.82) is 0 Å². The number of rotatable bonds is 3. The van der Waals surface area contributed by atoms with Gasteiger partial charge in [-0.05, 0) is 30.3 Å². The summed E-state index contributed by atoms with van der Waals surface area (Å²) in [5.74, 6) is -0.129. The maximum atomic E-state index is 13.2. The standard InChI is InChI=1S/C23H22ClN3O5/c24-18-11-16(20(28)12-21(18)29)22-17-13-27(6-5-19(17)25-32-22)23(30)14-1-3-15(4-2-14)26-7-9-31-10-8-26/h1-4,11-12,28-29H,5-10,13H2. The molecular weight excluding hydrogens is 434 g/mol. The molecule has 5 rings (SSSR count). The summed E-state index contributed by atoms with van der Waals surface area (Å²) in [4.78, 5) is 17.2. The minimum absolute atomic E-state index is 0.0794. The molecule has 32 heavy (non-hydrogen) atoms. The molecule has 3 heterocycles. The fourth-order valence-electron chi connectivity index (χ4n) is 4.15. The van der Waals surface area contributed by atoms with Gasteiger partial charge in [0.05, 0.1) is 36.0 Å². The molecule has 2 aliphatic rings. The summed E-state index contributed by atoms with van der Waals surface area (Å²) in [6.07, 6.45) is 0.545. The van der Waals surface area contributed by atoms with Crippen molar-refractivity contribution in [3.8, 4) is 22.8 Å². The van der Waals surface area contributed by atoms with Crippen molar-refractivity contribution in [2.75, 3.05) is 37.7 Å². The number of morpholine rings is 1. The Morgan fingerprint density at radius 1 is 1.03 bits per heavy atom. The lowest BCUT2D eigenvalue weighted by Gasteiger charge is -2.29. The molecule has 9 heteroatoms. The van der Waals surface area contributed by atoms with Crippen LogP contribution in [-0.4, -0.2) is 59.0 Å². The minimum Gasteiger partial charge on any atom is -0.507 e. The van der Waals surface area contributed by atoms with E-state index in [1.54, 1.807) is 4.90 Å². The average molecular weight is 456 g/mol. The number of aromatic nitrogens is 1. The fourth-order valence-corrected chi connectivity index (χ4v) is 4.31. The molecule has 0 spiro atoms. The molecule has 2 N–H and O–H groups in total. The summed E-state index contributed by atoms with van der Waals surface area (Å²) in [6, 6.07) is 10.2. The molecule has 2 aromatic carbocycles. The number of phenolic OH excluding ortho intramolecular Hbond substituents is 2. The van der Waals surface area contributed by atoms with E-state index in [2.05, 4.69) is 10.1 Å². The van der Waals surface area contributed by atoms with Gasteiger partial charge in [0.15, 0.2) is 5.76 Å². The summed E-state index contributed by atoms with van der Waals surface area (Å²) in [7, 11) is 0. The van der Waals surface area contributed by atoms with Crippen LogP contribution >= 0.6 is 11.6 Å². The third-order valence-electron chi connectivity index (χ3n) is 5.92. The number of aromatic hydroxyl groups is 2. The monoisotopic (exact) mass is 455 g/mol. The van der Waals surface area contributed by atoms with E-state index >= 15 is 0 Å². The first-order valence-electron chi connectivity index (χ1n) is 10.4. The molecule has 1 saturated heterocycles. The van der Waals surface area contributed by atoms with E-state index in [-0.39, 0.29) is 22.4 Å². The van der Waals surface area contributed by atoms with Gasteiger partial charge in [-0.2, -0.15) is 0 Å². The highest BCUT2D eigenvalue weighted by Crippen LogP contribution is 2.40. The number of benzene rings is 2. The molecule has 0 unspecified atom stereocenters. The quantitative estimate of drug-likeness (QED) is 0.624. The van der Waals surface area contributed by atoms with Gasteiger partial charge < -0.3 is 29.3 Å². The van der Waals surface area contributed by atoms with Crippen LogP contribution in [0.3, 0.4) is 0 Å². The highest BCUT2D eigenvalue weighted by atomic mass is 35.5. The molecule has 0 radical (unpaired) electrons. The maximum absolute atomic E-state index is 13.2. The lowest BCUT2D eigenvalue weighted by atomic mass is 10.00. The van der Waals surface area contributed by atoms with E-state index in [0.717, 1.165) is 36.1 Å². The van der Waals surface area contributed by atoms with Crippen LogP contribution in [0.5, 0.6) is 11.5 Å². The molecule has 0 saturated carbocycles. The molecule has 1 amide bonds. The summed E-state index contributed by atoms with van der Waals surface area (Å²) in [6.45, 7) is 3.92. The second-order valence-electron chi connectivity index (χ2n) is 7.88. The highest BCUT2D eigenvalue weighted by molar-refractivity contribution is 6.32. The molecule has 0 bridgehead atoms. The van der Waals surface area contributed by atoms with Gasteiger partial charge in [0.2, 0.25) is 0 Å². The van der Waals surface area contributed by atoms with Gasteiger partial charge in [-0.3, -0.25) is 4.79 Å². The average Bonchev–Trinajstić information content (AvgIpc) is 3.24. The van der Waals surface area contributed by atoms with Crippen LogP contribution in [0.1, 0.15) is 21.6 Å². The Kier molecular flexibility index (Phi) is 5.40. The van der Waals surface area contributed by atoms with Gasteiger partial charge in [-0.25, -0.2) is 0 Å². The van der Waals surface area contributed by atoms with Crippen LogP contribution in [0.4, 0.5) is 5.69 Å². The molecule has 8 nitrogen and oxygen atoms in total. The second-order valence-corrected chi connectivity index (χ2v) is 8.29. The zero-order chi connectivity index (χ0) is 22.2. The van der Waals surface area contributed by atoms with Gasteiger partial charge in [-0.15, -0.1) is 0 Å². The minimum atomic E-state index is -0.223. The number of fused-ring (bicyclic) bond motifs is 1. The van der Waals surface area contributed by atoms with Crippen LogP contribution < -0.4 is 4.90 Å². The van der Waals surface area contributed by atoms with E-state index in [1.807, 2.05) is 24.3 Å². The lowest BCUT2D eigenvalue weighted by Crippen LogP contribution is -2.37. The van der Waals surface area contributed by atoms with Crippen LogP contribution in [0.15, 0.2) is 40.9 Å². The molecule has 0 atom stereocenters. The van der Waals surface area contributed by atoms with Crippen LogP contribution in [-0.2, 0) is 17.7 Å². The van der Waals surface area contributed by atoms with Crippen LogP contribution in [0.25, 0.3) is 11.3 Å². The predicted molar refractivity (Wildman–Crippen MR) is 118 cm³/mol. The van der Waals surface area contributed by atoms with E-state index in [9.17, 15) is 15.0 Å². The lowest BCUT2D eigenvalue weighted by molar-refractivity contribution is 0.0734. The first kappa shape index (κ1) is 20.7. The van der Waals surface area contributed by atoms with Crippen molar-refractivity contribution in [3.63, 3.8) is 0 Å². The fraction of sp³-hybridized carbons (Fsp3) is 0.304. The van der Waals surface area contributed by atoms with Crippen molar-refractivity contribution in [1.82, 2.24) is 10.1 Å². The SMILES string of the molecule is O=C(c1ccc(N2CCOCC2)cc1)N1CCc2noc(-c3cc(Cl)c(O)cc3O)c2C1. The van der Waals surface area contributed by atoms with Crippen LogP contribution in [0.2, 0.25) is 5.02 Å². The van der Waals surface area contributed by atoms with E-state index in [0.29, 0.717) is 49.6 Å². The Morgan fingerprint density at radius 2 is 1.78 bits per heavy atom. The number of phenols is 2. The van der Waals surface area contributed by atoms with Gasteiger partial charge in [0.25, 0.3) is 5.91 Å². The largest absolute Gasteiger partial charge is 0.507 e. The Hall–Kier alpha value is -3.23. The van der Waals surface area contributed by atoms with E-state index in [1.165, 1.54) is 6.07 Å². The number of nitrogens with zero attached hydrogens (tertiary/aromatic N) is 3. The van der Waals surface area contributed by atoms with Crippen LogP contribution in [0, 0.1) is 0 Å². The number of anilines is 1. The smallest absolute Gasteiger partial charge is 0.254 e. The first-order chi connectivity index (χ1) is 15.5. The number of amides is 1. The third kappa shape index (κ3) is 3.76. The number of hydrogen-bond acceptors (Lipinski definition) is 7. The molecule has 166 valence electrons. The number of carbonyl (C=O) groups is 1. The van der Waals surface area contributed by atoms with Gasteiger partial charge in [0.1, 0.15) is 11.5 Å². The van der Waals surface area contributed by atoms with Crippen molar-refractivity contribution in [2.45, 2.75) is 13.0 Å². The van der Waals surface area contributed by atoms with Gasteiger partial charge in [0, 0.05) is 48.9 Å². The van der Waals surface area contributed by atoms with E-state index in [4.69, 9.17) is 20.9 Å². The van der Waals surface area contributed by atoms with Crippen molar-refractivity contribution in [2.24, 2.45) is 0 Å². The van der Waals surface area contributed by atoms with Gasteiger partial charge in [-0.1, -0.05) is 16.8 Å². The second kappa shape index (κ2) is 8.37. The zero-order valence-corrected chi connectivity index (χ0v) is 18.0. The predicted octanol–water partition coefficient (Wildman–Crippen LogP) is 3.44. The van der Waals surface area contributed by atoms with E-state index < -0.39 is 0 Å². The van der Waals surface area contributed by atoms with Crippen molar-refractivity contribution >= 4 is 23.2 Å². The van der Waals surface area contributed by atoms with Crippen molar-refractivity contribution < 1.29 is 24.3 Å². The maximum Gasteiger partial charge on any atom is 0.254 e.